The van der Waals surface area contributed by atoms with Crippen molar-refractivity contribution in [1.82, 2.24) is 0 Å². The summed E-state index contributed by atoms with van der Waals surface area (Å²) in [7, 11) is 0. The first-order valence-electron chi connectivity index (χ1n) is 12.6. The second-order valence-electron chi connectivity index (χ2n) is 10.0. The molecule has 6 heteroatoms. The van der Waals surface area contributed by atoms with Crippen molar-refractivity contribution < 1.29 is 27.0 Å². The van der Waals surface area contributed by atoms with Gasteiger partial charge in [0.25, 0.3) is 0 Å². The minimum Gasteiger partial charge on any atom is -0.491 e. The van der Waals surface area contributed by atoms with Gasteiger partial charge >= 0.3 is 0 Å². The van der Waals surface area contributed by atoms with Gasteiger partial charge in [0.05, 0.1) is 13.2 Å². The second kappa shape index (κ2) is 11.0. The highest BCUT2D eigenvalue weighted by Gasteiger charge is 2.30. The molecule has 0 saturated heterocycles. The van der Waals surface area contributed by atoms with E-state index in [1.54, 1.807) is 6.92 Å². The van der Waals surface area contributed by atoms with Gasteiger partial charge in [0.1, 0.15) is 0 Å². The van der Waals surface area contributed by atoms with Gasteiger partial charge in [0.15, 0.2) is 23.1 Å². The summed E-state index contributed by atoms with van der Waals surface area (Å²) < 4.78 is 68.9. The molecular weight excluding hydrogens is 444 g/mol. The third-order valence-electron chi connectivity index (χ3n) is 7.78. The monoisotopic (exact) mass is 478 g/mol. The fourth-order valence-electron chi connectivity index (χ4n) is 5.65. The van der Waals surface area contributed by atoms with Crippen molar-refractivity contribution in [3.63, 3.8) is 0 Å². The average molecular weight is 479 g/mol. The molecule has 0 radical (unpaired) electrons. The molecule has 2 saturated carbocycles. The highest BCUT2D eigenvalue weighted by atomic mass is 19.2. The Balaban J connectivity index is 1.37. The van der Waals surface area contributed by atoms with Crippen LogP contribution in [0.4, 0.5) is 17.6 Å². The van der Waals surface area contributed by atoms with Crippen LogP contribution in [0.1, 0.15) is 65.2 Å². The third-order valence-corrected chi connectivity index (χ3v) is 7.78. The van der Waals surface area contributed by atoms with Crippen LogP contribution < -0.4 is 9.47 Å². The molecule has 186 valence electrons. The van der Waals surface area contributed by atoms with Gasteiger partial charge in [-0.25, -0.2) is 8.78 Å². The van der Waals surface area contributed by atoms with Crippen LogP contribution in [0.15, 0.2) is 24.3 Å². The lowest BCUT2D eigenvalue weighted by molar-refractivity contribution is 0.124. The van der Waals surface area contributed by atoms with Crippen LogP contribution >= 0.6 is 0 Å². The van der Waals surface area contributed by atoms with E-state index in [-0.39, 0.29) is 29.2 Å². The summed E-state index contributed by atoms with van der Waals surface area (Å²) in [4.78, 5) is 0. The van der Waals surface area contributed by atoms with Gasteiger partial charge in [-0.2, -0.15) is 8.78 Å². The summed E-state index contributed by atoms with van der Waals surface area (Å²) in [5.41, 5.74) is -0.717. The van der Waals surface area contributed by atoms with E-state index in [2.05, 4.69) is 6.92 Å². The fourth-order valence-corrected chi connectivity index (χ4v) is 5.65. The number of ether oxygens (including phenoxy) is 2. The molecule has 0 atom stereocenters. The summed E-state index contributed by atoms with van der Waals surface area (Å²) in [6.45, 7) is 4.47. The molecule has 2 aliphatic carbocycles. The Morgan fingerprint density at radius 3 is 1.62 bits per heavy atom. The quantitative estimate of drug-likeness (QED) is 0.373. The zero-order valence-electron chi connectivity index (χ0n) is 20.0. The third kappa shape index (κ3) is 5.36. The Kier molecular flexibility index (Phi) is 8.05. The van der Waals surface area contributed by atoms with Gasteiger partial charge in [0.2, 0.25) is 11.6 Å². The van der Waals surface area contributed by atoms with Crippen LogP contribution in [0.5, 0.6) is 11.5 Å². The van der Waals surface area contributed by atoms with Crippen molar-refractivity contribution in [1.29, 1.82) is 0 Å². The number of benzene rings is 2. The largest absolute Gasteiger partial charge is 0.491 e. The molecule has 0 amide bonds. The van der Waals surface area contributed by atoms with Crippen molar-refractivity contribution in [3.8, 4) is 22.6 Å². The van der Waals surface area contributed by atoms with Crippen LogP contribution in [-0.2, 0) is 0 Å². The second-order valence-corrected chi connectivity index (χ2v) is 10.0. The van der Waals surface area contributed by atoms with Crippen LogP contribution in [0.2, 0.25) is 0 Å². The van der Waals surface area contributed by atoms with Crippen molar-refractivity contribution in [2.45, 2.75) is 65.2 Å². The Morgan fingerprint density at radius 1 is 0.647 bits per heavy atom. The van der Waals surface area contributed by atoms with Crippen LogP contribution in [0, 0.1) is 46.9 Å². The Morgan fingerprint density at radius 2 is 1.12 bits per heavy atom. The zero-order chi connectivity index (χ0) is 24.2. The molecule has 2 aromatic rings. The standard InChI is InChI=1S/C28H34F4O2/c1-3-33-23-14-12-21(25(29)27(23)31)22-13-15-24(28(32)26(22)30)34-16-18-6-10-20(11-7-18)19-8-4-17(2)5-9-19/h12-15,17-20H,3-11,16H2,1-2H3. The van der Waals surface area contributed by atoms with E-state index in [1.165, 1.54) is 62.8 Å². The summed E-state index contributed by atoms with van der Waals surface area (Å²) >= 11 is 0. The van der Waals surface area contributed by atoms with Crippen LogP contribution in [0.3, 0.4) is 0 Å². The van der Waals surface area contributed by atoms with Crippen molar-refractivity contribution in [3.05, 3.63) is 47.5 Å². The summed E-state index contributed by atoms with van der Waals surface area (Å²) in [6, 6.07) is 4.92. The highest BCUT2D eigenvalue weighted by molar-refractivity contribution is 5.67. The molecule has 4 rings (SSSR count). The average Bonchev–Trinajstić information content (AvgIpc) is 2.85. The molecule has 0 spiro atoms. The smallest absolute Gasteiger partial charge is 0.201 e. The molecule has 2 nitrogen and oxygen atoms in total. The van der Waals surface area contributed by atoms with E-state index in [4.69, 9.17) is 9.47 Å². The molecule has 0 N–H and O–H groups in total. The normalized spacial score (nSPS) is 25.2. The molecular formula is C28H34F4O2. The van der Waals surface area contributed by atoms with Gasteiger partial charge < -0.3 is 9.47 Å². The molecule has 34 heavy (non-hydrogen) atoms. The number of hydrogen-bond donors (Lipinski definition) is 0. The number of rotatable bonds is 7. The Bertz CT molecular complexity index is 977. The van der Waals surface area contributed by atoms with Gasteiger partial charge in [-0.3, -0.25) is 0 Å². The van der Waals surface area contributed by atoms with Gasteiger partial charge in [-0.05, 0) is 93.4 Å². The maximum Gasteiger partial charge on any atom is 0.201 e. The minimum absolute atomic E-state index is 0.159. The lowest BCUT2D eigenvalue weighted by Gasteiger charge is -2.37. The first-order valence-corrected chi connectivity index (χ1v) is 12.6. The van der Waals surface area contributed by atoms with E-state index in [9.17, 15) is 17.6 Å². The molecule has 2 aromatic carbocycles. The molecule has 0 heterocycles. The van der Waals surface area contributed by atoms with Gasteiger partial charge in [0, 0.05) is 11.1 Å². The first kappa shape index (κ1) is 24.9. The molecule has 0 aliphatic heterocycles. The van der Waals surface area contributed by atoms with Crippen molar-refractivity contribution in [2.75, 3.05) is 13.2 Å². The van der Waals surface area contributed by atoms with Gasteiger partial charge in [-0.1, -0.05) is 19.8 Å². The minimum atomic E-state index is -1.28. The maximum absolute atomic E-state index is 14.8. The lowest BCUT2D eigenvalue weighted by Crippen LogP contribution is -2.27. The van der Waals surface area contributed by atoms with Crippen molar-refractivity contribution in [2.24, 2.45) is 23.7 Å². The molecule has 0 unspecified atom stereocenters. The molecule has 2 fully saturated rings. The van der Waals surface area contributed by atoms with Crippen molar-refractivity contribution >= 4 is 0 Å². The predicted molar refractivity (Wildman–Crippen MR) is 125 cm³/mol. The van der Waals surface area contributed by atoms with E-state index in [1.807, 2.05) is 0 Å². The zero-order valence-corrected chi connectivity index (χ0v) is 20.0. The summed E-state index contributed by atoms with van der Waals surface area (Å²) in [5, 5.41) is 0. The van der Waals surface area contributed by atoms with E-state index in [0.717, 1.165) is 30.6 Å². The number of hydrogen-bond acceptors (Lipinski definition) is 2. The SMILES string of the molecule is CCOc1ccc(-c2ccc(OCC3CCC(C4CCC(C)CC4)CC3)c(F)c2F)c(F)c1F. The maximum atomic E-state index is 14.8. The Hall–Kier alpha value is -2.24. The first-order chi connectivity index (χ1) is 16.4. The predicted octanol–water partition coefficient (Wildman–Crippen LogP) is 8.32. The van der Waals surface area contributed by atoms with E-state index >= 15 is 0 Å². The lowest BCUT2D eigenvalue weighted by atomic mass is 9.69. The highest BCUT2D eigenvalue weighted by Crippen LogP contribution is 2.41. The van der Waals surface area contributed by atoms with E-state index in [0.29, 0.717) is 12.5 Å². The molecule has 0 aromatic heterocycles. The van der Waals surface area contributed by atoms with E-state index < -0.39 is 23.3 Å². The van der Waals surface area contributed by atoms with Crippen LogP contribution in [0.25, 0.3) is 11.1 Å². The summed E-state index contributed by atoms with van der Waals surface area (Å²) in [5.74, 6) is -2.61. The van der Waals surface area contributed by atoms with Gasteiger partial charge in [-0.15, -0.1) is 0 Å². The molecule has 0 bridgehead atoms. The topological polar surface area (TPSA) is 18.5 Å². The van der Waals surface area contributed by atoms with Crippen LogP contribution in [-0.4, -0.2) is 13.2 Å². The Labute approximate surface area is 199 Å². The summed E-state index contributed by atoms with van der Waals surface area (Å²) in [6.07, 6.45) is 9.76. The number of halogens is 4. The fraction of sp³-hybridized carbons (Fsp3) is 0.571. The molecule has 2 aliphatic rings.